The Morgan fingerprint density at radius 3 is 3.10 bits per heavy atom. The molecule has 21 heavy (non-hydrogen) atoms. The van der Waals surface area contributed by atoms with Crippen LogP contribution in [0.5, 0.6) is 0 Å². The number of nitrogens with zero attached hydrogens (tertiary/aromatic N) is 4. The number of fused-ring (bicyclic) bond motifs is 1. The van der Waals surface area contributed by atoms with Crippen LogP contribution in [0, 0.1) is 0 Å². The summed E-state index contributed by atoms with van der Waals surface area (Å²) in [5, 5.41) is 10.5. The van der Waals surface area contributed by atoms with Crippen LogP contribution in [0.2, 0.25) is 0 Å². The molecule has 0 bridgehead atoms. The van der Waals surface area contributed by atoms with Gasteiger partial charge in [-0.2, -0.15) is 5.10 Å². The lowest BCUT2D eigenvalue weighted by atomic mass is 10.2. The predicted molar refractivity (Wildman–Crippen MR) is 79.1 cm³/mol. The van der Waals surface area contributed by atoms with E-state index in [9.17, 15) is 4.79 Å². The molecule has 0 spiro atoms. The van der Waals surface area contributed by atoms with Crippen LogP contribution in [0.25, 0.3) is 0 Å². The molecule has 2 aromatic heterocycles. The van der Waals surface area contributed by atoms with E-state index in [2.05, 4.69) is 27.6 Å². The maximum Gasteiger partial charge on any atom is 0.271 e. The monoisotopic (exact) mass is 288 g/mol. The molecule has 0 fully saturated rings. The summed E-state index contributed by atoms with van der Waals surface area (Å²) >= 11 is 0. The summed E-state index contributed by atoms with van der Waals surface area (Å²) < 4.78 is 3.76. The van der Waals surface area contributed by atoms with Gasteiger partial charge in [0.05, 0.1) is 5.69 Å². The summed E-state index contributed by atoms with van der Waals surface area (Å²) in [6, 6.07) is 0. The van der Waals surface area contributed by atoms with Crippen LogP contribution in [0.1, 0.15) is 35.1 Å². The van der Waals surface area contributed by atoms with Crippen molar-refractivity contribution in [3.05, 3.63) is 29.3 Å². The van der Waals surface area contributed by atoms with E-state index in [0.717, 1.165) is 43.1 Å². The average Bonchev–Trinajstić information content (AvgIpc) is 3.07. The second-order valence-electron chi connectivity index (χ2n) is 5.23. The highest BCUT2D eigenvalue weighted by atomic mass is 16.1. The van der Waals surface area contributed by atoms with E-state index in [4.69, 9.17) is 0 Å². The molecule has 0 aliphatic carbocycles. The van der Waals surface area contributed by atoms with Crippen LogP contribution in [0.15, 0.2) is 12.4 Å². The molecule has 2 aromatic rings. The van der Waals surface area contributed by atoms with Crippen molar-refractivity contribution in [1.29, 1.82) is 0 Å². The number of aryl methyl sites for hydroxylation is 3. The average molecular weight is 288 g/mol. The maximum absolute atomic E-state index is 12.2. The molecule has 0 radical (unpaired) electrons. The Morgan fingerprint density at radius 2 is 2.33 bits per heavy atom. The van der Waals surface area contributed by atoms with Gasteiger partial charge in [0.2, 0.25) is 5.95 Å². The Hall–Kier alpha value is -2.31. The quantitative estimate of drug-likeness (QED) is 0.877. The molecule has 1 amide bonds. The fraction of sp³-hybridized carbons (Fsp3) is 0.500. The molecule has 1 aliphatic heterocycles. The molecule has 0 saturated heterocycles. The van der Waals surface area contributed by atoms with Gasteiger partial charge in [-0.15, -0.1) is 0 Å². The zero-order chi connectivity index (χ0) is 14.8. The molecule has 2 N–H and O–H groups in total. The topological polar surface area (TPSA) is 76.8 Å². The standard InChI is InChI=1S/C14H20N6O/c1-3-11-10(8-19(2)18-11)7-16-13(21)12-9-20-6-4-5-15-14(20)17-12/h8-9H,3-7H2,1-2H3,(H,15,17)(H,16,21). The first-order valence-electron chi connectivity index (χ1n) is 7.28. The van der Waals surface area contributed by atoms with Crippen molar-refractivity contribution in [2.45, 2.75) is 32.9 Å². The number of amides is 1. The number of carbonyl (C=O) groups is 1. The third kappa shape index (κ3) is 2.76. The van der Waals surface area contributed by atoms with Crippen molar-refractivity contribution in [3.63, 3.8) is 0 Å². The molecular weight excluding hydrogens is 268 g/mol. The number of hydrogen-bond acceptors (Lipinski definition) is 4. The lowest BCUT2D eigenvalue weighted by molar-refractivity contribution is 0.0946. The minimum Gasteiger partial charge on any atom is -0.356 e. The van der Waals surface area contributed by atoms with Gasteiger partial charge >= 0.3 is 0 Å². The van der Waals surface area contributed by atoms with Gasteiger partial charge in [-0.1, -0.05) is 6.92 Å². The second-order valence-corrected chi connectivity index (χ2v) is 5.23. The highest BCUT2D eigenvalue weighted by Crippen LogP contribution is 2.14. The number of imidazole rings is 1. The van der Waals surface area contributed by atoms with Crippen LogP contribution in [-0.4, -0.2) is 31.8 Å². The van der Waals surface area contributed by atoms with Gasteiger partial charge in [0.15, 0.2) is 0 Å². The Bertz CT molecular complexity index is 633. The molecule has 0 atom stereocenters. The van der Waals surface area contributed by atoms with Crippen molar-refractivity contribution < 1.29 is 4.79 Å². The van der Waals surface area contributed by atoms with Crippen molar-refractivity contribution in [2.24, 2.45) is 7.05 Å². The number of hydrogen-bond donors (Lipinski definition) is 2. The minimum atomic E-state index is -0.149. The molecule has 3 heterocycles. The summed E-state index contributed by atoms with van der Waals surface area (Å²) in [6.07, 6.45) is 5.66. The SMILES string of the molecule is CCc1nn(C)cc1CNC(=O)c1cn2c(n1)NCCC2. The maximum atomic E-state index is 12.2. The van der Waals surface area contributed by atoms with Crippen molar-refractivity contribution in [3.8, 4) is 0 Å². The predicted octanol–water partition coefficient (Wildman–Crippen LogP) is 0.925. The Balaban J connectivity index is 1.67. The van der Waals surface area contributed by atoms with Crippen molar-refractivity contribution in [1.82, 2.24) is 24.6 Å². The number of rotatable bonds is 4. The first-order chi connectivity index (χ1) is 10.2. The van der Waals surface area contributed by atoms with E-state index in [1.165, 1.54) is 0 Å². The number of nitrogens with one attached hydrogen (secondary N) is 2. The highest BCUT2D eigenvalue weighted by Gasteiger charge is 2.16. The molecule has 112 valence electrons. The van der Waals surface area contributed by atoms with Crippen molar-refractivity contribution >= 4 is 11.9 Å². The largest absolute Gasteiger partial charge is 0.356 e. The number of aromatic nitrogens is 4. The first kappa shape index (κ1) is 13.7. The highest BCUT2D eigenvalue weighted by molar-refractivity contribution is 5.92. The van der Waals surface area contributed by atoms with E-state index >= 15 is 0 Å². The zero-order valence-electron chi connectivity index (χ0n) is 12.4. The molecule has 7 heteroatoms. The van der Waals surface area contributed by atoms with Gasteiger partial charge in [-0.05, 0) is 12.8 Å². The molecular formula is C14H20N6O. The lowest BCUT2D eigenvalue weighted by Gasteiger charge is -2.14. The molecule has 1 aliphatic rings. The second kappa shape index (κ2) is 5.59. The summed E-state index contributed by atoms with van der Waals surface area (Å²) in [7, 11) is 1.89. The normalized spacial score (nSPS) is 13.6. The van der Waals surface area contributed by atoms with Gasteiger partial charge in [-0.3, -0.25) is 9.48 Å². The smallest absolute Gasteiger partial charge is 0.271 e. The molecule has 3 rings (SSSR count). The molecule has 7 nitrogen and oxygen atoms in total. The van der Waals surface area contributed by atoms with Crippen molar-refractivity contribution in [2.75, 3.05) is 11.9 Å². The molecule has 0 saturated carbocycles. The van der Waals surface area contributed by atoms with E-state index in [-0.39, 0.29) is 5.91 Å². The third-order valence-corrected chi connectivity index (χ3v) is 3.63. The molecule has 0 aromatic carbocycles. The van der Waals surface area contributed by atoms with Gasteiger partial charge in [0.25, 0.3) is 5.91 Å². The number of anilines is 1. The van der Waals surface area contributed by atoms with E-state index in [1.807, 2.05) is 17.8 Å². The van der Waals surface area contributed by atoms with Gasteiger partial charge in [0.1, 0.15) is 5.69 Å². The fourth-order valence-electron chi connectivity index (χ4n) is 2.58. The van der Waals surface area contributed by atoms with E-state index in [0.29, 0.717) is 12.2 Å². The first-order valence-corrected chi connectivity index (χ1v) is 7.28. The van der Waals surface area contributed by atoms with Crippen LogP contribution < -0.4 is 10.6 Å². The van der Waals surface area contributed by atoms with Gasteiger partial charge in [0, 0.05) is 44.6 Å². The summed E-state index contributed by atoms with van der Waals surface area (Å²) in [5.74, 6) is 0.631. The lowest BCUT2D eigenvalue weighted by Crippen LogP contribution is -2.23. The van der Waals surface area contributed by atoms with Crippen LogP contribution in [0.3, 0.4) is 0 Å². The van der Waals surface area contributed by atoms with Gasteiger partial charge in [-0.25, -0.2) is 4.98 Å². The van der Waals surface area contributed by atoms with E-state index < -0.39 is 0 Å². The fourth-order valence-corrected chi connectivity index (χ4v) is 2.58. The van der Waals surface area contributed by atoms with Gasteiger partial charge < -0.3 is 15.2 Å². The summed E-state index contributed by atoms with van der Waals surface area (Å²) in [6.45, 7) is 4.35. The molecule has 0 unspecified atom stereocenters. The Labute approximate surface area is 123 Å². The Morgan fingerprint density at radius 1 is 1.48 bits per heavy atom. The summed E-state index contributed by atoms with van der Waals surface area (Å²) in [4.78, 5) is 16.5. The van der Waals surface area contributed by atoms with Crippen LogP contribution in [-0.2, 0) is 26.6 Å². The van der Waals surface area contributed by atoms with Crippen LogP contribution >= 0.6 is 0 Å². The third-order valence-electron chi connectivity index (χ3n) is 3.63. The summed E-state index contributed by atoms with van der Waals surface area (Å²) in [5.41, 5.74) is 2.53. The number of carbonyl (C=O) groups excluding carboxylic acids is 1. The Kier molecular flexibility index (Phi) is 3.64. The minimum absolute atomic E-state index is 0.149. The zero-order valence-corrected chi connectivity index (χ0v) is 12.4. The van der Waals surface area contributed by atoms with E-state index in [1.54, 1.807) is 10.9 Å². The van der Waals surface area contributed by atoms with Crippen LogP contribution in [0.4, 0.5) is 5.95 Å².